The number of para-hydroxylation sites is 1. The van der Waals surface area contributed by atoms with Crippen molar-refractivity contribution in [2.75, 3.05) is 13.7 Å². The van der Waals surface area contributed by atoms with Crippen LogP contribution in [0.4, 0.5) is 13.6 Å². The molecular formula is C35H35F2NO5. The summed E-state index contributed by atoms with van der Waals surface area (Å²) in [5.74, 6) is -2.98. The fourth-order valence-electron chi connectivity index (χ4n) is 5.73. The lowest BCUT2D eigenvalue weighted by molar-refractivity contribution is 0.00570. The molecule has 0 fully saturated rings. The molecule has 0 spiro atoms. The third kappa shape index (κ3) is 6.33. The lowest BCUT2D eigenvalue weighted by Gasteiger charge is -2.38. The van der Waals surface area contributed by atoms with E-state index in [2.05, 4.69) is 4.74 Å². The number of rotatable bonds is 6. The van der Waals surface area contributed by atoms with Crippen molar-refractivity contribution in [3.8, 4) is 5.75 Å². The number of halogens is 2. The number of benzene rings is 4. The minimum Gasteiger partial charge on any atom is -0.488 e. The number of ether oxygens (including phenoxy) is 3. The molecule has 43 heavy (non-hydrogen) atoms. The summed E-state index contributed by atoms with van der Waals surface area (Å²) >= 11 is 0. The van der Waals surface area contributed by atoms with Crippen LogP contribution in [0.3, 0.4) is 0 Å². The van der Waals surface area contributed by atoms with Gasteiger partial charge in [-0.15, -0.1) is 0 Å². The zero-order valence-electron chi connectivity index (χ0n) is 24.9. The van der Waals surface area contributed by atoms with Gasteiger partial charge in [0.05, 0.1) is 19.7 Å². The maximum Gasteiger partial charge on any atom is 0.410 e. The molecule has 1 aliphatic rings. The highest BCUT2D eigenvalue weighted by molar-refractivity contribution is 5.90. The minimum atomic E-state index is -1.08. The van der Waals surface area contributed by atoms with Gasteiger partial charge in [0, 0.05) is 11.5 Å². The highest BCUT2D eigenvalue weighted by Crippen LogP contribution is 2.42. The Hall–Kier alpha value is -4.46. The van der Waals surface area contributed by atoms with Crippen LogP contribution < -0.4 is 4.74 Å². The van der Waals surface area contributed by atoms with Crippen molar-refractivity contribution in [1.82, 2.24) is 4.90 Å². The van der Waals surface area contributed by atoms with Crippen molar-refractivity contribution < 1.29 is 32.6 Å². The molecule has 0 saturated carbocycles. The van der Waals surface area contributed by atoms with Gasteiger partial charge in [-0.2, -0.15) is 0 Å². The Labute approximate surface area is 250 Å². The Morgan fingerprint density at radius 2 is 1.63 bits per heavy atom. The molecule has 4 aromatic rings. The number of carbonyl (C=O) groups is 2. The predicted octanol–water partition coefficient (Wildman–Crippen LogP) is 8.19. The second-order valence-corrected chi connectivity index (χ2v) is 11.8. The second-order valence-electron chi connectivity index (χ2n) is 11.8. The van der Waals surface area contributed by atoms with Gasteiger partial charge in [-0.3, -0.25) is 4.90 Å². The van der Waals surface area contributed by atoms with E-state index in [0.29, 0.717) is 17.7 Å². The van der Waals surface area contributed by atoms with E-state index in [4.69, 9.17) is 9.47 Å². The molecule has 1 heterocycles. The first kappa shape index (κ1) is 30.0. The Kier molecular flexibility index (Phi) is 8.40. The van der Waals surface area contributed by atoms with Gasteiger partial charge in [-0.05, 0) is 74.2 Å². The average molecular weight is 588 g/mol. The minimum absolute atomic E-state index is 0.162. The maximum absolute atomic E-state index is 15.0. The third-order valence-corrected chi connectivity index (χ3v) is 7.71. The largest absolute Gasteiger partial charge is 0.488 e. The number of fused-ring (bicyclic) bond motifs is 2. The number of nitrogens with zero attached hydrogens (tertiary/aromatic N) is 1. The van der Waals surface area contributed by atoms with Crippen molar-refractivity contribution in [2.45, 2.75) is 57.8 Å². The van der Waals surface area contributed by atoms with Crippen molar-refractivity contribution in [1.29, 1.82) is 0 Å². The van der Waals surface area contributed by atoms with Crippen LogP contribution in [0.1, 0.15) is 73.1 Å². The first-order valence-corrected chi connectivity index (χ1v) is 14.3. The van der Waals surface area contributed by atoms with Gasteiger partial charge in [0.15, 0.2) is 0 Å². The van der Waals surface area contributed by atoms with Gasteiger partial charge in [-0.1, -0.05) is 60.7 Å². The lowest BCUT2D eigenvalue weighted by Crippen LogP contribution is -2.45. The summed E-state index contributed by atoms with van der Waals surface area (Å²) < 4.78 is 46.9. The second kappa shape index (κ2) is 12.0. The van der Waals surface area contributed by atoms with Gasteiger partial charge >= 0.3 is 12.1 Å². The molecule has 1 unspecified atom stereocenters. The molecule has 0 aliphatic carbocycles. The van der Waals surface area contributed by atoms with Crippen LogP contribution in [0, 0.1) is 11.6 Å². The topological polar surface area (TPSA) is 65.1 Å². The van der Waals surface area contributed by atoms with E-state index in [-0.39, 0.29) is 12.6 Å². The van der Waals surface area contributed by atoms with Crippen LogP contribution in [0.25, 0.3) is 10.8 Å². The fraction of sp³-hybridized carbons (Fsp3) is 0.314. The van der Waals surface area contributed by atoms with Crippen molar-refractivity contribution in [3.63, 3.8) is 0 Å². The normalized spacial score (nSPS) is 17.0. The molecule has 1 aliphatic heterocycles. The zero-order valence-corrected chi connectivity index (χ0v) is 24.9. The third-order valence-electron chi connectivity index (χ3n) is 7.71. The van der Waals surface area contributed by atoms with E-state index >= 15 is 8.78 Å². The average Bonchev–Trinajstić information content (AvgIpc) is 2.97. The highest BCUT2D eigenvalue weighted by Gasteiger charge is 2.36. The Balaban J connectivity index is 1.52. The number of methoxy groups -OCH3 is 1. The number of hydrogen-bond acceptors (Lipinski definition) is 5. The molecule has 224 valence electrons. The van der Waals surface area contributed by atoms with Gasteiger partial charge in [0.1, 0.15) is 34.7 Å². The van der Waals surface area contributed by atoms with Crippen molar-refractivity contribution in [3.05, 3.63) is 113 Å². The molecular weight excluding hydrogens is 552 g/mol. The molecule has 5 rings (SSSR count). The molecule has 8 heteroatoms. The Morgan fingerprint density at radius 3 is 2.33 bits per heavy atom. The summed E-state index contributed by atoms with van der Waals surface area (Å²) in [6.45, 7) is 7.56. The molecule has 1 amide bonds. The van der Waals surface area contributed by atoms with Crippen LogP contribution in [-0.4, -0.2) is 42.3 Å². The molecule has 0 bridgehead atoms. The molecule has 0 radical (unpaired) electrons. The SMILES string of the molecule is COC(=O)c1c(F)cc(C2C[C@H](CN(C(=O)OC(C)(C)C)[C@H](C)c3cccc4ccccc34)Oc3ccccc32)cc1F. The molecule has 6 nitrogen and oxygen atoms in total. The molecule has 0 N–H and O–H groups in total. The first-order valence-electron chi connectivity index (χ1n) is 14.3. The number of esters is 1. The summed E-state index contributed by atoms with van der Waals surface area (Å²) in [5.41, 5.74) is 0.610. The van der Waals surface area contributed by atoms with Crippen LogP contribution >= 0.6 is 0 Å². The van der Waals surface area contributed by atoms with E-state index in [1.54, 1.807) is 11.0 Å². The summed E-state index contributed by atoms with van der Waals surface area (Å²) in [5, 5.41) is 2.08. The first-order chi connectivity index (χ1) is 20.5. The molecule has 0 saturated heterocycles. The van der Waals surface area contributed by atoms with E-state index in [1.165, 1.54) is 12.1 Å². The summed E-state index contributed by atoms with van der Waals surface area (Å²) in [6.07, 6.45) is -0.697. The summed E-state index contributed by atoms with van der Waals surface area (Å²) in [6, 6.07) is 23.2. The monoisotopic (exact) mass is 587 g/mol. The van der Waals surface area contributed by atoms with E-state index in [9.17, 15) is 9.59 Å². The van der Waals surface area contributed by atoms with Crippen LogP contribution in [-0.2, 0) is 9.47 Å². The molecule has 4 aromatic carbocycles. The fourth-order valence-corrected chi connectivity index (χ4v) is 5.73. The smallest absolute Gasteiger partial charge is 0.410 e. The van der Waals surface area contributed by atoms with Crippen LogP contribution in [0.15, 0.2) is 78.9 Å². The van der Waals surface area contributed by atoms with Crippen LogP contribution in [0.2, 0.25) is 0 Å². The van der Waals surface area contributed by atoms with Gasteiger partial charge in [-0.25, -0.2) is 18.4 Å². The lowest BCUT2D eigenvalue weighted by atomic mass is 9.83. The predicted molar refractivity (Wildman–Crippen MR) is 160 cm³/mol. The summed E-state index contributed by atoms with van der Waals surface area (Å²) in [7, 11) is 1.07. The molecule has 0 aromatic heterocycles. The number of hydrogen-bond donors (Lipinski definition) is 0. The van der Waals surface area contributed by atoms with Gasteiger partial charge in [0.25, 0.3) is 0 Å². The Morgan fingerprint density at radius 1 is 0.977 bits per heavy atom. The Bertz CT molecular complexity index is 1640. The van der Waals surface area contributed by atoms with Gasteiger partial charge in [0.2, 0.25) is 0 Å². The summed E-state index contributed by atoms with van der Waals surface area (Å²) in [4.78, 5) is 27.3. The van der Waals surface area contributed by atoms with E-state index in [1.807, 2.05) is 88.4 Å². The quantitative estimate of drug-likeness (QED) is 0.213. The number of carbonyl (C=O) groups excluding carboxylic acids is 2. The van der Waals surface area contributed by atoms with Crippen molar-refractivity contribution in [2.24, 2.45) is 0 Å². The van der Waals surface area contributed by atoms with Gasteiger partial charge < -0.3 is 14.2 Å². The van der Waals surface area contributed by atoms with Crippen molar-refractivity contribution >= 4 is 22.8 Å². The highest BCUT2D eigenvalue weighted by atomic mass is 19.1. The van der Waals surface area contributed by atoms with Crippen LogP contribution in [0.5, 0.6) is 5.75 Å². The van der Waals surface area contributed by atoms with E-state index < -0.39 is 46.9 Å². The maximum atomic E-state index is 15.0. The van der Waals surface area contributed by atoms with E-state index in [0.717, 1.165) is 29.0 Å². The number of amides is 1. The standard InChI is InChI=1S/C35H35F2NO5/c1-21(25-15-10-12-22-11-6-7-13-26(22)25)38(34(40)43-35(2,3)4)20-24-19-28(27-14-8-9-16-31(27)42-24)23-17-29(36)32(30(37)18-23)33(39)41-5/h6-18,21,24,28H,19-20H2,1-5H3/t21-,24-,28?/m1/s1. The molecule has 3 atom stereocenters. The zero-order chi connectivity index (χ0) is 30.9.